The van der Waals surface area contributed by atoms with Crippen LogP contribution in [0, 0.1) is 0 Å². The zero-order chi connectivity index (χ0) is 13.8. The summed E-state index contributed by atoms with van der Waals surface area (Å²) >= 11 is 7.39. The van der Waals surface area contributed by atoms with Crippen LogP contribution in [0.3, 0.4) is 0 Å². The number of carbonyl (C=O) groups excluding carboxylic acids is 1. The van der Waals surface area contributed by atoms with Gasteiger partial charge in [-0.25, -0.2) is 0 Å². The number of nitrogen functional groups attached to an aromatic ring is 1. The summed E-state index contributed by atoms with van der Waals surface area (Å²) in [6, 6.07) is 12.9. The highest BCUT2D eigenvalue weighted by atomic mass is 35.5. The first-order valence-electron chi connectivity index (χ1n) is 5.63. The van der Waals surface area contributed by atoms with Gasteiger partial charge in [0.05, 0.1) is 11.3 Å². The molecule has 0 heterocycles. The fraction of sp³-hybridized carbons (Fsp3) is 0.0714. The minimum atomic E-state index is -0.508. The highest BCUT2D eigenvalue weighted by molar-refractivity contribution is 7.98. The lowest BCUT2D eigenvalue weighted by molar-refractivity contribution is 0.100. The minimum absolute atomic E-state index is 0.362. The summed E-state index contributed by atoms with van der Waals surface area (Å²) in [6.07, 6.45) is 0. The number of amides is 1. The molecule has 1 amide bonds. The Morgan fingerprint density at radius 1 is 1.16 bits per heavy atom. The highest BCUT2D eigenvalue weighted by Gasteiger charge is 2.09. The van der Waals surface area contributed by atoms with Gasteiger partial charge in [-0.3, -0.25) is 4.79 Å². The van der Waals surface area contributed by atoms with Crippen LogP contribution in [-0.2, 0) is 5.75 Å². The van der Waals surface area contributed by atoms with Gasteiger partial charge in [-0.2, -0.15) is 0 Å². The van der Waals surface area contributed by atoms with E-state index in [1.165, 1.54) is 0 Å². The standard InChI is InChI=1S/C14H13ClN2OS/c15-10-6-4-9(5-7-10)8-19-12-3-1-2-11(13(12)16)14(17)18/h1-7H,8,16H2,(H2,17,18). The first-order chi connectivity index (χ1) is 9.08. The third kappa shape index (κ3) is 3.43. The Kier molecular flexibility index (Phi) is 4.35. The van der Waals surface area contributed by atoms with Crippen molar-refractivity contribution in [1.29, 1.82) is 0 Å². The van der Waals surface area contributed by atoms with E-state index in [9.17, 15) is 4.79 Å². The van der Waals surface area contributed by atoms with Gasteiger partial charge in [-0.05, 0) is 29.8 Å². The molecule has 2 rings (SSSR count). The Hall–Kier alpha value is -1.65. The van der Waals surface area contributed by atoms with E-state index < -0.39 is 5.91 Å². The SMILES string of the molecule is NC(=O)c1cccc(SCc2ccc(Cl)cc2)c1N. The average molecular weight is 293 g/mol. The van der Waals surface area contributed by atoms with Crippen molar-refractivity contribution in [2.45, 2.75) is 10.6 Å². The molecule has 98 valence electrons. The van der Waals surface area contributed by atoms with Crippen LogP contribution in [0.4, 0.5) is 5.69 Å². The van der Waals surface area contributed by atoms with E-state index in [0.717, 1.165) is 16.2 Å². The molecule has 19 heavy (non-hydrogen) atoms. The molecule has 0 aromatic heterocycles. The number of carbonyl (C=O) groups is 1. The number of nitrogens with two attached hydrogens (primary N) is 2. The van der Waals surface area contributed by atoms with Gasteiger partial charge >= 0.3 is 0 Å². The molecular formula is C14H13ClN2OS. The number of para-hydroxylation sites is 1. The number of rotatable bonds is 4. The van der Waals surface area contributed by atoms with Crippen molar-refractivity contribution in [3.05, 3.63) is 58.6 Å². The van der Waals surface area contributed by atoms with E-state index >= 15 is 0 Å². The lowest BCUT2D eigenvalue weighted by Gasteiger charge is -2.08. The molecule has 4 N–H and O–H groups in total. The number of hydrogen-bond acceptors (Lipinski definition) is 3. The van der Waals surface area contributed by atoms with E-state index in [1.807, 2.05) is 30.3 Å². The van der Waals surface area contributed by atoms with Gasteiger partial charge in [0.25, 0.3) is 5.91 Å². The second kappa shape index (κ2) is 5.99. The number of benzene rings is 2. The van der Waals surface area contributed by atoms with E-state index in [0.29, 0.717) is 16.3 Å². The maximum atomic E-state index is 11.2. The Bertz CT molecular complexity index is 599. The Morgan fingerprint density at radius 3 is 2.47 bits per heavy atom. The van der Waals surface area contributed by atoms with Gasteiger partial charge in [0.2, 0.25) is 0 Å². The molecule has 0 fully saturated rings. The zero-order valence-electron chi connectivity index (χ0n) is 10.1. The van der Waals surface area contributed by atoms with Gasteiger partial charge in [0.15, 0.2) is 0 Å². The molecular weight excluding hydrogens is 280 g/mol. The van der Waals surface area contributed by atoms with E-state index in [-0.39, 0.29) is 0 Å². The molecule has 0 atom stereocenters. The molecule has 2 aromatic carbocycles. The molecule has 2 aromatic rings. The number of anilines is 1. The molecule has 0 aliphatic carbocycles. The van der Waals surface area contributed by atoms with Gasteiger partial charge in [0.1, 0.15) is 0 Å². The number of primary amides is 1. The van der Waals surface area contributed by atoms with Crippen molar-refractivity contribution in [3.63, 3.8) is 0 Å². The predicted octanol–water partition coefficient (Wildman–Crippen LogP) is 3.31. The maximum absolute atomic E-state index is 11.2. The first-order valence-corrected chi connectivity index (χ1v) is 7.00. The summed E-state index contributed by atoms with van der Waals surface area (Å²) in [4.78, 5) is 12.1. The van der Waals surface area contributed by atoms with Crippen LogP contribution >= 0.6 is 23.4 Å². The van der Waals surface area contributed by atoms with E-state index in [2.05, 4.69) is 0 Å². The second-order valence-electron chi connectivity index (χ2n) is 4.00. The molecule has 0 aliphatic rings. The van der Waals surface area contributed by atoms with E-state index in [1.54, 1.807) is 23.9 Å². The fourth-order valence-electron chi connectivity index (χ4n) is 1.63. The molecule has 0 unspecified atom stereocenters. The summed E-state index contributed by atoms with van der Waals surface area (Å²) in [7, 11) is 0. The average Bonchev–Trinajstić information content (AvgIpc) is 2.39. The first kappa shape index (κ1) is 13.8. The minimum Gasteiger partial charge on any atom is -0.397 e. The molecule has 0 aliphatic heterocycles. The normalized spacial score (nSPS) is 10.4. The van der Waals surface area contributed by atoms with Crippen molar-refractivity contribution in [2.75, 3.05) is 5.73 Å². The number of thioether (sulfide) groups is 1. The third-order valence-corrected chi connectivity index (χ3v) is 4.04. The summed E-state index contributed by atoms with van der Waals surface area (Å²) in [5.74, 6) is 0.246. The fourth-order valence-corrected chi connectivity index (χ4v) is 2.71. The lowest BCUT2D eigenvalue weighted by Crippen LogP contribution is -2.13. The van der Waals surface area contributed by atoms with Crippen LogP contribution < -0.4 is 11.5 Å². The van der Waals surface area contributed by atoms with E-state index in [4.69, 9.17) is 23.1 Å². The molecule has 0 saturated heterocycles. The lowest BCUT2D eigenvalue weighted by atomic mass is 10.2. The molecule has 0 radical (unpaired) electrons. The summed E-state index contributed by atoms with van der Waals surface area (Å²) in [5, 5.41) is 0.712. The van der Waals surface area contributed by atoms with Crippen LogP contribution in [0.2, 0.25) is 5.02 Å². The van der Waals surface area contributed by atoms with Crippen molar-refractivity contribution in [2.24, 2.45) is 5.73 Å². The predicted molar refractivity (Wildman–Crippen MR) is 80.4 cm³/mol. The van der Waals surface area contributed by atoms with Crippen molar-refractivity contribution in [3.8, 4) is 0 Å². The molecule has 0 bridgehead atoms. The third-order valence-electron chi connectivity index (χ3n) is 2.64. The molecule has 3 nitrogen and oxygen atoms in total. The van der Waals surface area contributed by atoms with Crippen LogP contribution in [-0.4, -0.2) is 5.91 Å². The number of hydrogen-bond donors (Lipinski definition) is 2. The van der Waals surface area contributed by atoms with Crippen molar-refractivity contribution in [1.82, 2.24) is 0 Å². The molecule has 5 heteroatoms. The Balaban J connectivity index is 2.13. The van der Waals surface area contributed by atoms with Crippen LogP contribution in [0.1, 0.15) is 15.9 Å². The smallest absolute Gasteiger partial charge is 0.250 e. The summed E-state index contributed by atoms with van der Waals surface area (Å²) in [5.41, 5.74) is 13.1. The maximum Gasteiger partial charge on any atom is 0.250 e. The number of halogens is 1. The van der Waals surface area contributed by atoms with Crippen LogP contribution in [0.5, 0.6) is 0 Å². The largest absolute Gasteiger partial charge is 0.397 e. The molecule has 0 saturated carbocycles. The van der Waals surface area contributed by atoms with Gasteiger partial charge < -0.3 is 11.5 Å². The molecule has 0 spiro atoms. The summed E-state index contributed by atoms with van der Waals surface area (Å²) < 4.78 is 0. The quantitative estimate of drug-likeness (QED) is 0.671. The monoisotopic (exact) mass is 292 g/mol. The van der Waals surface area contributed by atoms with Crippen molar-refractivity contribution < 1.29 is 4.79 Å². The second-order valence-corrected chi connectivity index (χ2v) is 5.45. The van der Waals surface area contributed by atoms with Gasteiger partial charge in [-0.1, -0.05) is 29.8 Å². The van der Waals surface area contributed by atoms with Gasteiger partial charge in [0, 0.05) is 15.7 Å². The van der Waals surface area contributed by atoms with Crippen LogP contribution in [0.15, 0.2) is 47.4 Å². The Labute approximate surface area is 120 Å². The van der Waals surface area contributed by atoms with Crippen LogP contribution in [0.25, 0.3) is 0 Å². The highest BCUT2D eigenvalue weighted by Crippen LogP contribution is 2.30. The van der Waals surface area contributed by atoms with Crippen molar-refractivity contribution >= 4 is 35.0 Å². The zero-order valence-corrected chi connectivity index (χ0v) is 11.7. The Morgan fingerprint density at radius 2 is 1.84 bits per heavy atom. The summed E-state index contributed by atoms with van der Waals surface area (Å²) in [6.45, 7) is 0. The topological polar surface area (TPSA) is 69.1 Å². The van der Waals surface area contributed by atoms with Gasteiger partial charge in [-0.15, -0.1) is 11.8 Å².